The fourth-order valence-corrected chi connectivity index (χ4v) is 3.80. The maximum atomic E-state index is 4.26. The van der Waals surface area contributed by atoms with Crippen LogP contribution in [0.25, 0.3) is 0 Å². The number of hydrogen-bond acceptors (Lipinski definition) is 4. The molecular weight excluding hydrogens is 262 g/mol. The number of nitrogens with one attached hydrogen (secondary N) is 1. The summed E-state index contributed by atoms with van der Waals surface area (Å²) in [5, 5.41) is 12.1. The lowest BCUT2D eigenvalue weighted by Crippen LogP contribution is -2.42. The molecule has 2 aliphatic rings. The van der Waals surface area contributed by atoms with Gasteiger partial charge in [0.15, 0.2) is 0 Å². The summed E-state index contributed by atoms with van der Waals surface area (Å²) < 4.78 is 1.94. The van der Waals surface area contributed by atoms with Crippen molar-refractivity contribution in [2.75, 3.05) is 13.6 Å². The fourth-order valence-electron chi connectivity index (χ4n) is 3.80. The van der Waals surface area contributed by atoms with Crippen molar-refractivity contribution in [3.05, 3.63) is 11.9 Å². The molecule has 2 atom stereocenters. The van der Waals surface area contributed by atoms with Crippen molar-refractivity contribution in [3.63, 3.8) is 0 Å². The molecule has 0 aliphatic carbocycles. The Kier molecular flexibility index (Phi) is 4.06. The SMILES string of the molecule is CN1C2CCC1CC(CNCc1cn(C(C)(C)C)nn1)C2. The topological polar surface area (TPSA) is 46.0 Å². The van der Waals surface area contributed by atoms with Gasteiger partial charge in [-0.05, 0) is 66.0 Å². The first-order chi connectivity index (χ1) is 9.93. The van der Waals surface area contributed by atoms with Gasteiger partial charge in [-0.3, -0.25) is 0 Å². The number of piperidine rings is 1. The maximum absolute atomic E-state index is 4.26. The molecule has 3 rings (SSSR count). The predicted octanol–water partition coefficient (Wildman–Crippen LogP) is 2.00. The Morgan fingerprint density at radius 3 is 2.48 bits per heavy atom. The van der Waals surface area contributed by atoms with E-state index in [1.165, 1.54) is 25.7 Å². The third-order valence-corrected chi connectivity index (χ3v) is 5.16. The van der Waals surface area contributed by atoms with Crippen LogP contribution in [0.1, 0.15) is 52.1 Å². The largest absolute Gasteiger partial charge is 0.311 e. The van der Waals surface area contributed by atoms with Crippen LogP contribution in [0, 0.1) is 5.92 Å². The van der Waals surface area contributed by atoms with E-state index in [0.29, 0.717) is 0 Å². The van der Waals surface area contributed by atoms with Gasteiger partial charge in [0.1, 0.15) is 0 Å². The highest BCUT2D eigenvalue weighted by Crippen LogP contribution is 2.36. The van der Waals surface area contributed by atoms with Gasteiger partial charge in [0.25, 0.3) is 0 Å². The molecule has 2 unspecified atom stereocenters. The summed E-state index contributed by atoms with van der Waals surface area (Å²) in [6.07, 6.45) is 7.57. The molecule has 1 aromatic heterocycles. The zero-order chi connectivity index (χ0) is 15.0. The molecule has 0 amide bonds. The van der Waals surface area contributed by atoms with Crippen LogP contribution in [-0.4, -0.2) is 45.6 Å². The molecule has 118 valence electrons. The van der Waals surface area contributed by atoms with Crippen molar-refractivity contribution in [3.8, 4) is 0 Å². The van der Waals surface area contributed by atoms with Crippen LogP contribution in [0.3, 0.4) is 0 Å². The molecule has 21 heavy (non-hydrogen) atoms. The highest BCUT2D eigenvalue weighted by atomic mass is 15.4. The minimum Gasteiger partial charge on any atom is -0.311 e. The number of hydrogen-bond donors (Lipinski definition) is 1. The van der Waals surface area contributed by atoms with Gasteiger partial charge in [0, 0.05) is 18.6 Å². The number of nitrogens with zero attached hydrogens (tertiary/aromatic N) is 4. The highest BCUT2D eigenvalue weighted by molar-refractivity contribution is 4.96. The molecular formula is C16H29N5. The van der Waals surface area contributed by atoms with Crippen molar-refractivity contribution < 1.29 is 0 Å². The average Bonchev–Trinajstić information content (AvgIpc) is 2.93. The molecule has 0 spiro atoms. The van der Waals surface area contributed by atoms with E-state index in [1.54, 1.807) is 0 Å². The third kappa shape index (κ3) is 3.29. The predicted molar refractivity (Wildman–Crippen MR) is 84.0 cm³/mol. The van der Waals surface area contributed by atoms with E-state index in [0.717, 1.165) is 36.8 Å². The molecule has 3 heterocycles. The highest BCUT2D eigenvalue weighted by Gasteiger charge is 2.37. The maximum Gasteiger partial charge on any atom is 0.0965 e. The molecule has 2 aliphatic heterocycles. The lowest BCUT2D eigenvalue weighted by atomic mass is 9.91. The van der Waals surface area contributed by atoms with Crippen LogP contribution in [0.15, 0.2) is 6.20 Å². The summed E-state index contributed by atoms with van der Waals surface area (Å²) in [7, 11) is 2.30. The Labute approximate surface area is 128 Å². The molecule has 5 nitrogen and oxygen atoms in total. The zero-order valence-electron chi connectivity index (χ0n) is 13.8. The second-order valence-corrected chi connectivity index (χ2v) is 7.84. The first-order valence-electron chi connectivity index (χ1n) is 8.28. The normalized spacial score (nSPS) is 30.0. The van der Waals surface area contributed by atoms with E-state index in [-0.39, 0.29) is 5.54 Å². The van der Waals surface area contributed by atoms with Crippen LogP contribution in [0.2, 0.25) is 0 Å². The van der Waals surface area contributed by atoms with Gasteiger partial charge in [0.05, 0.1) is 17.4 Å². The van der Waals surface area contributed by atoms with Crippen LogP contribution in [-0.2, 0) is 12.1 Å². The van der Waals surface area contributed by atoms with Crippen LogP contribution < -0.4 is 5.32 Å². The van der Waals surface area contributed by atoms with E-state index in [1.807, 2.05) is 4.68 Å². The van der Waals surface area contributed by atoms with Crippen LogP contribution in [0.4, 0.5) is 0 Å². The van der Waals surface area contributed by atoms with Crippen molar-refractivity contribution in [1.29, 1.82) is 0 Å². The quantitative estimate of drug-likeness (QED) is 0.921. The van der Waals surface area contributed by atoms with Gasteiger partial charge >= 0.3 is 0 Å². The first kappa shape index (κ1) is 15.0. The smallest absolute Gasteiger partial charge is 0.0965 e. The fraction of sp³-hybridized carbons (Fsp3) is 0.875. The Hall–Kier alpha value is -0.940. The summed E-state index contributed by atoms with van der Waals surface area (Å²) in [5.41, 5.74) is 1.05. The summed E-state index contributed by atoms with van der Waals surface area (Å²) in [4.78, 5) is 2.60. The van der Waals surface area contributed by atoms with Gasteiger partial charge in [-0.1, -0.05) is 5.21 Å². The van der Waals surface area contributed by atoms with Gasteiger partial charge in [-0.2, -0.15) is 0 Å². The first-order valence-corrected chi connectivity index (χ1v) is 8.28. The van der Waals surface area contributed by atoms with Gasteiger partial charge in [-0.25, -0.2) is 4.68 Å². The molecule has 5 heteroatoms. The Bertz CT molecular complexity index is 461. The van der Waals surface area contributed by atoms with Crippen molar-refractivity contribution >= 4 is 0 Å². The molecule has 0 saturated carbocycles. The minimum atomic E-state index is 0.0123. The number of rotatable bonds is 4. The Morgan fingerprint density at radius 1 is 1.24 bits per heavy atom. The monoisotopic (exact) mass is 291 g/mol. The molecule has 2 saturated heterocycles. The van der Waals surface area contributed by atoms with E-state index in [2.05, 4.69) is 54.5 Å². The lowest BCUT2D eigenvalue weighted by Gasteiger charge is -2.36. The zero-order valence-corrected chi connectivity index (χ0v) is 13.8. The summed E-state index contributed by atoms with van der Waals surface area (Å²) in [5.74, 6) is 0.830. The summed E-state index contributed by atoms with van der Waals surface area (Å²) in [6.45, 7) is 8.38. The second-order valence-electron chi connectivity index (χ2n) is 7.84. The van der Waals surface area contributed by atoms with E-state index in [4.69, 9.17) is 0 Å². The third-order valence-electron chi connectivity index (χ3n) is 5.16. The second kappa shape index (κ2) is 5.69. The average molecular weight is 291 g/mol. The van der Waals surface area contributed by atoms with Crippen LogP contribution >= 0.6 is 0 Å². The van der Waals surface area contributed by atoms with Gasteiger partial charge < -0.3 is 10.2 Å². The van der Waals surface area contributed by atoms with Crippen LogP contribution in [0.5, 0.6) is 0 Å². The van der Waals surface area contributed by atoms with Crippen molar-refractivity contribution in [1.82, 2.24) is 25.2 Å². The number of aromatic nitrogens is 3. The minimum absolute atomic E-state index is 0.0123. The summed E-state index contributed by atoms with van der Waals surface area (Å²) in [6, 6.07) is 1.66. The molecule has 2 fully saturated rings. The Balaban J connectivity index is 1.45. The lowest BCUT2D eigenvalue weighted by molar-refractivity contribution is 0.133. The number of fused-ring (bicyclic) bond motifs is 2. The summed E-state index contributed by atoms with van der Waals surface area (Å²) >= 11 is 0. The van der Waals surface area contributed by atoms with Crippen molar-refractivity contribution in [2.24, 2.45) is 5.92 Å². The van der Waals surface area contributed by atoms with E-state index in [9.17, 15) is 0 Å². The van der Waals surface area contributed by atoms with Gasteiger partial charge in [-0.15, -0.1) is 5.10 Å². The molecule has 1 N–H and O–H groups in total. The molecule has 1 aromatic rings. The molecule has 2 bridgehead atoms. The standard InChI is InChI=1S/C16H29N5/c1-16(2,3)21-11-13(18-19-21)10-17-9-12-7-14-5-6-15(8-12)20(14)4/h11-12,14-15,17H,5-10H2,1-4H3. The van der Waals surface area contributed by atoms with Crippen molar-refractivity contribution in [2.45, 2.75) is 70.6 Å². The van der Waals surface area contributed by atoms with Gasteiger partial charge in [0.2, 0.25) is 0 Å². The molecule has 0 aromatic carbocycles. The molecule has 0 radical (unpaired) electrons. The Morgan fingerprint density at radius 2 is 1.90 bits per heavy atom. The van der Waals surface area contributed by atoms with E-state index < -0.39 is 0 Å². The van der Waals surface area contributed by atoms with E-state index >= 15 is 0 Å².